The fourth-order valence-corrected chi connectivity index (χ4v) is 3.89. The van der Waals surface area contributed by atoms with Gasteiger partial charge in [-0.25, -0.2) is 0 Å². The monoisotopic (exact) mass is 259 g/mol. The average molecular weight is 259 g/mol. The lowest BCUT2D eigenvalue weighted by molar-refractivity contribution is -0.153. The minimum Gasteiger partial charge on any atom is -0.469 e. The molecule has 1 aliphatic heterocycles. The molecular weight excluding hydrogens is 238 g/mol. The van der Waals surface area contributed by atoms with E-state index in [9.17, 15) is 4.79 Å². The van der Waals surface area contributed by atoms with Gasteiger partial charge in [-0.05, 0) is 24.3 Å². The first kappa shape index (κ1) is 12.7. The van der Waals surface area contributed by atoms with Crippen LogP contribution in [-0.4, -0.2) is 31.1 Å². The maximum Gasteiger partial charge on any atom is 0.313 e. The van der Waals surface area contributed by atoms with Crippen LogP contribution in [0.15, 0.2) is 30.3 Å². The third-order valence-corrected chi connectivity index (χ3v) is 4.78. The summed E-state index contributed by atoms with van der Waals surface area (Å²) in [5, 5.41) is 0. The maximum absolute atomic E-state index is 12.2. The van der Waals surface area contributed by atoms with E-state index in [-0.39, 0.29) is 11.4 Å². The van der Waals surface area contributed by atoms with Crippen LogP contribution < -0.4 is 0 Å². The minimum atomic E-state index is -0.219. The highest BCUT2D eigenvalue weighted by Crippen LogP contribution is 2.49. The van der Waals surface area contributed by atoms with Crippen LogP contribution in [0.1, 0.15) is 24.8 Å². The third kappa shape index (κ3) is 2.16. The van der Waals surface area contributed by atoms with E-state index in [0.717, 1.165) is 26.1 Å². The standard InChI is InChI=1S/C16H21NO2/c1-19-15(18)16-9-5-8-14(16)11-17(12-16)10-13-6-3-2-4-7-13/h2-4,6-7,14H,5,8-12H2,1H3/t14-,16+/m0/s1. The lowest BCUT2D eigenvalue weighted by Gasteiger charge is -2.25. The van der Waals surface area contributed by atoms with Crippen LogP contribution >= 0.6 is 0 Å². The average Bonchev–Trinajstić information content (AvgIpc) is 2.96. The van der Waals surface area contributed by atoms with Gasteiger partial charge in [-0.3, -0.25) is 9.69 Å². The summed E-state index contributed by atoms with van der Waals surface area (Å²) in [6.45, 7) is 2.83. The van der Waals surface area contributed by atoms with Crippen LogP contribution in [0.2, 0.25) is 0 Å². The second-order valence-corrected chi connectivity index (χ2v) is 5.89. The molecule has 19 heavy (non-hydrogen) atoms. The van der Waals surface area contributed by atoms with E-state index in [2.05, 4.69) is 29.2 Å². The highest BCUT2D eigenvalue weighted by Gasteiger charge is 2.55. The van der Waals surface area contributed by atoms with Crippen LogP contribution in [0, 0.1) is 11.3 Å². The number of carbonyl (C=O) groups is 1. The zero-order chi connectivity index (χ0) is 13.3. The molecule has 2 fully saturated rings. The molecule has 0 amide bonds. The van der Waals surface area contributed by atoms with Gasteiger partial charge in [-0.15, -0.1) is 0 Å². The molecule has 0 spiro atoms. The molecule has 0 N–H and O–H groups in total. The number of benzene rings is 1. The minimum absolute atomic E-state index is 0.00515. The molecule has 2 atom stereocenters. The van der Waals surface area contributed by atoms with Crippen LogP contribution in [-0.2, 0) is 16.1 Å². The van der Waals surface area contributed by atoms with Crippen molar-refractivity contribution in [2.75, 3.05) is 20.2 Å². The summed E-state index contributed by atoms with van der Waals surface area (Å²) in [7, 11) is 1.52. The summed E-state index contributed by atoms with van der Waals surface area (Å²) in [4.78, 5) is 14.6. The van der Waals surface area contributed by atoms with Crippen molar-refractivity contribution in [2.24, 2.45) is 11.3 Å². The number of likely N-dealkylation sites (tertiary alicyclic amines) is 1. The summed E-state index contributed by atoms with van der Waals surface area (Å²) in [6.07, 6.45) is 3.33. The van der Waals surface area contributed by atoms with Crippen LogP contribution in [0.25, 0.3) is 0 Å². The molecule has 1 saturated heterocycles. The van der Waals surface area contributed by atoms with Crippen LogP contribution in [0.3, 0.4) is 0 Å². The molecule has 1 aliphatic carbocycles. The van der Waals surface area contributed by atoms with E-state index in [0.29, 0.717) is 5.92 Å². The summed E-state index contributed by atoms with van der Waals surface area (Å²) in [5.41, 5.74) is 1.10. The summed E-state index contributed by atoms with van der Waals surface area (Å²) < 4.78 is 5.07. The Morgan fingerprint density at radius 1 is 1.42 bits per heavy atom. The zero-order valence-electron chi connectivity index (χ0n) is 11.5. The van der Waals surface area contributed by atoms with E-state index in [4.69, 9.17) is 4.74 Å². The Labute approximate surface area is 114 Å². The third-order valence-electron chi connectivity index (χ3n) is 4.78. The molecule has 0 bridgehead atoms. The van der Waals surface area contributed by atoms with Crippen LogP contribution in [0.4, 0.5) is 0 Å². The Kier molecular flexibility index (Phi) is 3.31. The molecule has 0 aromatic heterocycles. The van der Waals surface area contributed by atoms with Gasteiger partial charge < -0.3 is 4.74 Å². The van der Waals surface area contributed by atoms with Gasteiger partial charge in [0, 0.05) is 19.6 Å². The van der Waals surface area contributed by atoms with Gasteiger partial charge in [0.15, 0.2) is 0 Å². The van der Waals surface area contributed by atoms with Crippen molar-refractivity contribution in [3.63, 3.8) is 0 Å². The predicted molar refractivity (Wildman–Crippen MR) is 73.5 cm³/mol. The van der Waals surface area contributed by atoms with E-state index in [1.807, 2.05) is 6.07 Å². The van der Waals surface area contributed by atoms with Crippen molar-refractivity contribution >= 4 is 5.97 Å². The number of ether oxygens (including phenoxy) is 1. The van der Waals surface area contributed by atoms with Gasteiger partial charge in [-0.2, -0.15) is 0 Å². The second-order valence-electron chi connectivity index (χ2n) is 5.89. The smallest absolute Gasteiger partial charge is 0.313 e. The molecule has 1 saturated carbocycles. The molecule has 102 valence electrons. The second kappa shape index (κ2) is 4.97. The largest absolute Gasteiger partial charge is 0.469 e. The highest BCUT2D eigenvalue weighted by atomic mass is 16.5. The van der Waals surface area contributed by atoms with Crippen molar-refractivity contribution in [3.05, 3.63) is 35.9 Å². The number of esters is 1. The molecule has 3 heteroatoms. The first-order valence-electron chi connectivity index (χ1n) is 7.09. The summed E-state index contributed by atoms with van der Waals surface area (Å²) in [5.74, 6) is 0.495. The Bertz CT molecular complexity index is 459. The molecule has 1 aromatic rings. The van der Waals surface area contributed by atoms with Crippen LogP contribution in [0.5, 0.6) is 0 Å². The summed E-state index contributed by atoms with van der Waals surface area (Å²) in [6, 6.07) is 10.5. The van der Waals surface area contributed by atoms with Gasteiger partial charge in [0.25, 0.3) is 0 Å². The Balaban J connectivity index is 1.73. The molecule has 2 aliphatic rings. The molecule has 3 nitrogen and oxygen atoms in total. The molecule has 0 radical (unpaired) electrons. The van der Waals surface area contributed by atoms with Crippen molar-refractivity contribution in [3.8, 4) is 0 Å². The van der Waals surface area contributed by atoms with Crippen molar-refractivity contribution in [1.82, 2.24) is 4.90 Å². The lowest BCUT2D eigenvalue weighted by Crippen LogP contribution is -2.36. The van der Waals surface area contributed by atoms with E-state index >= 15 is 0 Å². The number of rotatable bonds is 3. The zero-order valence-corrected chi connectivity index (χ0v) is 11.5. The Hall–Kier alpha value is -1.35. The number of nitrogens with zero attached hydrogens (tertiary/aromatic N) is 1. The molecule has 0 unspecified atom stereocenters. The van der Waals surface area contributed by atoms with Crippen molar-refractivity contribution < 1.29 is 9.53 Å². The SMILES string of the molecule is COC(=O)[C@@]12CCC[C@H]1CN(Cc1ccccc1)C2. The van der Waals surface area contributed by atoms with Gasteiger partial charge in [-0.1, -0.05) is 36.8 Å². The van der Waals surface area contributed by atoms with Crippen molar-refractivity contribution in [2.45, 2.75) is 25.8 Å². The topological polar surface area (TPSA) is 29.5 Å². The fourth-order valence-electron chi connectivity index (χ4n) is 3.89. The Morgan fingerprint density at radius 3 is 2.95 bits per heavy atom. The number of hydrogen-bond acceptors (Lipinski definition) is 3. The van der Waals surface area contributed by atoms with Gasteiger partial charge in [0.1, 0.15) is 0 Å². The number of fused-ring (bicyclic) bond motifs is 1. The van der Waals surface area contributed by atoms with Gasteiger partial charge >= 0.3 is 5.97 Å². The van der Waals surface area contributed by atoms with E-state index in [1.54, 1.807) is 0 Å². The first-order chi connectivity index (χ1) is 9.24. The molecular formula is C16H21NO2. The predicted octanol–water partition coefficient (Wildman–Crippen LogP) is 2.46. The van der Waals surface area contributed by atoms with E-state index in [1.165, 1.54) is 25.5 Å². The first-order valence-corrected chi connectivity index (χ1v) is 7.09. The highest BCUT2D eigenvalue weighted by molar-refractivity contribution is 5.78. The van der Waals surface area contributed by atoms with E-state index < -0.39 is 0 Å². The molecule has 1 heterocycles. The maximum atomic E-state index is 12.2. The number of carbonyl (C=O) groups excluding carboxylic acids is 1. The van der Waals surface area contributed by atoms with Gasteiger partial charge in [0.2, 0.25) is 0 Å². The van der Waals surface area contributed by atoms with Crippen molar-refractivity contribution in [1.29, 1.82) is 0 Å². The quantitative estimate of drug-likeness (QED) is 0.781. The number of hydrogen-bond donors (Lipinski definition) is 0. The van der Waals surface area contributed by atoms with Gasteiger partial charge in [0.05, 0.1) is 12.5 Å². The fraction of sp³-hybridized carbons (Fsp3) is 0.562. The Morgan fingerprint density at radius 2 is 2.21 bits per heavy atom. The lowest BCUT2D eigenvalue weighted by atomic mass is 9.81. The molecule has 3 rings (SSSR count). The normalized spacial score (nSPS) is 30.3. The number of methoxy groups -OCH3 is 1. The molecule has 1 aromatic carbocycles. The summed E-state index contributed by atoms with van der Waals surface area (Å²) >= 11 is 0.